The molecule has 11 heteroatoms. The summed E-state index contributed by atoms with van der Waals surface area (Å²) in [6.45, 7) is 2.59. The van der Waals surface area contributed by atoms with E-state index in [-0.39, 0.29) is 17.4 Å². The second-order valence-corrected chi connectivity index (χ2v) is 6.32. The number of hydrogen-bond acceptors (Lipinski definition) is 8. The molecule has 0 bridgehead atoms. The van der Waals surface area contributed by atoms with E-state index in [9.17, 15) is 19.2 Å². The molecule has 0 rings (SSSR count). The lowest BCUT2D eigenvalue weighted by atomic mass is 10.1. The van der Waals surface area contributed by atoms with Crippen LogP contribution < -0.4 is 5.32 Å². The number of carboxylic acid groups (broad SMARTS) is 2. The number of amides is 1. The first-order chi connectivity index (χ1) is 13.0. The van der Waals surface area contributed by atoms with Crippen LogP contribution in [0.5, 0.6) is 0 Å². The molecule has 0 aromatic rings. The fourth-order valence-corrected chi connectivity index (χ4v) is 2.66. The minimum absolute atomic E-state index is 0.0522. The smallest absolute Gasteiger partial charge is 0.307 e. The second-order valence-electron chi connectivity index (χ2n) is 5.29. The largest absolute Gasteiger partial charge is 0.481 e. The van der Waals surface area contributed by atoms with Gasteiger partial charge in [-0.25, -0.2) is 0 Å². The van der Waals surface area contributed by atoms with Crippen molar-refractivity contribution in [1.82, 2.24) is 5.32 Å². The number of carbonyl (C=O) groups excluding carboxylic acids is 2. The fourth-order valence-electron chi connectivity index (χ4n) is 1.71. The highest BCUT2D eigenvalue weighted by molar-refractivity contribution is 7.99. The third kappa shape index (κ3) is 17.5. The molecule has 1 amide bonds. The minimum atomic E-state index is -1.19. The van der Waals surface area contributed by atoms with Crippen LogP contribution in [0.4, 0.5) is 0 Å². The zero-order valence-electron chi connectivity index (χ0n) is 15.1. The Kier molecular flexibility index (Phi) is 16.6. The summed E-state index contributed by atoms with van der Waals surface area (Å²) in [4.78, 5) is 43.1. The topological polar surface area (TPSA) is 148 Å². The quantitative estimate of drug-likeness (QED) is 0.191. The molecule has 0 aromatic carbocycles. The molecule has 156 valence electrons. The molecule has 0 saturated heterocycles. The van der Waals surface area contributed by atoms with Crippen molar-refractivity contribution >= 4 is 35.9 Å². The SMILES string of the molecule is O=CCCOCCOCCOCCNC(=O)CSCC(CC(=O)O)C(=O)O. The Morgan fingerprint density at radius 2 is 1.56 bits per heavy atom. The van der Waals surface area contributed by atoms with Crippen LogP contribution in [0.3, 0.4) is 0 Å². The maximum Gasteiger partial charge on any atom is 0.307 e. The maximum atomic E-state index is 11.6. The van der Waals surface area contributed by atoms with E-state index in [0.29, 0.717) is 52.6 Å². The van der Waals surface area contributed by atoms with Crippen LogP contribution in [0.15, 0.2) is 0 Å². The first kappa shape index (κ1) is 25.3. The molecule has 0 aromatic heterocycles. The van der Waals surface area contributed by atoms with Crippen LogP contribution in [-0.2, 0) is 33.4 Å². The Morgan fingerprint density at radius 1 is 0.963 bits per heavy atom. The van der Waals surface area contributed by atoms with Crippen LogP contribution in [0.2, 0.25) is 0 Å². The van der Waals surface area contributed by atoms with Gasteiger partial charge in [0.15, 0.2) is 0 Å². The van der Waals surface area contributed by atoms with Crippen LogP contribution >= 0.6 is 11.8 Å². The van der Waals surface area contributed by atoms with Crippen molar-refractivity contribution in [1.29, 1.82) is 0 Å². The van der Waals surface area contributed by atoms with Gasteiger partial charge in [-0.3, -0.25) is 14.4 Å². The zero-order valence-corrected chi connectivity index (χ0v) is 15.9. The maximum absolute atomic E-state index is 11.6. The molecular formula is C16H27NO9S. The molecule has 1 atom stereocenters. The minimum Gasteiger partial charge on any atom is -0.481 e. The number of hydrogen-bond donors (Lipinski definition) is 3. The van der Waals surface area contributed by atoms with E-state index < -0.39 is 24.3 Å². The molecule has 0 saturated carbocycles. The van der Waals surface area contributed by atoms with E-state index in [0.717, 1.165) is 18.0 Å². The molecule has 0 aliphatic heterocycles. The third-order valence-corrected chi connectivity index (χ3v) is 4.12. The molecule has 0 heterocycles. The predicted octanol–water partition coefficient (Wildman–Crippen LogP) is -0.350. The lowest BCUT2D eigenvalue weighted by Crippen LogP contribution is -2.29. The summed E-state index contributed by atoms with van der Waals surface area (Å²) >= 11 is 1.08. The summed E-state index contributed by atoms with van der Waals surface area (Å²) in [6, 6.07) is 0. The standard InChI is InChI=1S/C16H27NO9S/c18-3-1-4-24-6-8-26-9-7-25-5-2-17-14(19)12-27-11-13(16(22)23)10-15(20)21/h3,13H,1-2,4-12H2,(H,17,19)(H,20,21)(H,22,23). The number of ether oxygens (including phenoxy) is 3. The van der Waals surface area contributed by atoms with Crippen molar-refractivity contribution in [2.75, 3.05) is 57.7 Å². The molecule has 1 unspecified atom stereocenters. The van der Waals surface area contributed by atoms with E-state index in [1.165, 1.54) is 0 Å². The number of aliphatic carboxylic acids is 2. The molecular weight excluding hydrogens is 382 g/mol. The summed E-state index contributed by atoms with van der Waals surface area (Å²) in [6.07, 6.45) is 0.693. The first-order valence-electron chi connectivity index (χ1n) is 8.43. The molecule has 27 heavy (non-hydrogen) atoms. The summed E-state index contributed by atoms with van der Waals surface area (Å²) in [5.41, 5.74) is 0. The Balaban J connectivity index is 3.47. The average molecular weight is 409 g/mol. The number of aldehydes is 1. The van der Waals surface area contributed by atoms with Crippen molar-refractivity contribution in [3.63, 3.8) is 0 Å². The highest BCUT2D eigenvalue weighted by Gasteiger charge is 2.21. The van der Waals surface area contributed by atoms with Crippen LogP contribution in [0.25, 0.3) is 0 Å². The van der Waals surface area contributed by atoms with Crippen LogP contribution in [0, 0.1) is 5.92 Å². The summed E-state index contributed by atoms with van der Waals surface area (Å²) < 4.78 is 15.6. The van der Waals surface area contributed by atoms with Gasteiger partial charge in [0, 0.05) is 18.7 Å². The fraction of sp³-hybridized carbons (Fsp3) is 0.750. The second kappa shape index (κ2) is 17.7. The molecule has 0 aliphatic carbocycles. The van der Waals surface area contributed by atoms with Gasteiger partial charge in [-0.2, -0.15) is 11.8 Å². The van der Waals surface area contributed by atoms with Crippen molar-refractivity contribution in [3.8, 4) is 0 Å². The molecule has 0 aliphatic rings. The van der Waals surface area contributed by atoms with Gasteiger partial charge in [0.1, 0.15) is 6.29 Å². The number of thioether (sulfide) groups is 1. The molecule has 0 radical (unpaired) electrons. The number of nitrogens with one attached hydrogen (secondary N) is 1. The van der Waals surface area contributed by atoms with Gasteiger partial charge in [-0.1, -0.05) is 0 Å². The molecule has 10 nitrogen and oxygen atoms in total. The monoisotopic (exact) mass is 409 g/mol. The molecule has 3 N–H and O–H groups in total. The van der Waals surface area contributed by atoms with E-state index in [4.69, 9.17) is 24.4 Å². The first-order valence-corrected chi connectivity index (χ1v) is 9.58. The highest BCUT2D eigenvalue weighted by atomic mass is 32.2. The van der Waals surface area contributed by atoms with Crippen LogP contribution in [-0.4, -0.2) is 92.0 Å². The summed E-state index contributed by atoms with van der Waals surface area (Å²) in [5, 5.41) is 20.1. The van der Waals surface area contributed by atoms with Gasteiger partial charge in [-0.15, -0.1) is 0 Å². The van der Waals surface area contributed by atoms with E-state index in [1.807, 2.05) is 0 Å². The Hall–Kier alpha value is -1.69. The zero-order chi connectivity index (χ0) is 20.3. The van der Waals surface area contributed by atoms with Crippen molar-refractivity contribution in [2.45, 2.75) is 12.8 Å². The van der Waals surface area contributed by atoms with E-state index in [1.54, 1.807) is 0 Å². The normalized spacial score (nSPS) is 11.7. The Labute approximate surface area is 161 Å². The summed E-state index contributed by atoms with van der Waals surface area (Å²) in [5.74, 6) is -3.54. The lowest BCUT2D eigenvalue weighted by Gasteiger charge is -2.10. The van der Waals surface area contributed by atoms with Gasteiger partial charge < -0.3 is 34.5 Å². The van der Waals surface area contributed by atoms with Crippen molar-refractivity contribution < 1.29 is 43.6 Å². The van der Waals surface area contributed by atoms with Crippen molar-refractivity contribution in [3.05, 3.63) is 0 Å². The Bertz CT molecular complexity index is 448. The van der Waals surface area contributed by atoms with Crippen molar-refractivity contribution in [2.24, 2.45) is 5.92 Å². The number of carbonyl (C=O) groups is 4. The number of carboxylic acids is 2. The van der Waals surface area contributed by atoms with E-state index in [2.05, 4.69) is 5.32 Å². The lowest BCUT2D eigenvalue weighted by molar-refractivity contribution is -0.147. The van der Waals surface area contributed by atoms with Gasteiger partial charge in [0.25, 0.3) is 0 Å². The number of rotatable bonds is 19. The Morgan fingerprint density at radius 3 is 2.11 bits per heavy atom. The predicted molar refractivity (Wildman–Crippen MR) is 96.9 cm³/mol. The van der Waals surface area contributed by atoms with Gasteiger partial charge in [0.05, 0.1) is 57.7 Å². The van der Waals surface area contributed by atoms with E-state index >= 15 is 0 Å². The highest BCUT2D eigenvalue weighted by Crippen LogP contribution is 2.12. The van der Waals surface area contributed by atoms with Gasteiger partial charge >= 0.3 is 11.9 Å². The van der Waals surface area contributed by atoms with Gasteiger partial charge in [0.2, 0.25) is 5.91 Å². The third-order valence-electron chi connectivity index (χ3n) is 3.02. The van der Waals surface area contributed by atoms with Crippen LogP contribution in [0.1, 0.15) is 12.8 Å². The summed E-state index contributed by atoms with van der Waals surface area (Å²) in [7, 11) is 0. The van der Waals surface area contributed by atoms with Gasteiger partial charge in [-0.05, 0) is 0 Å². The molecule has 0 fully saturated rings. The average Bonchev–Trinajstić information content (AvgIpc) is 2.61. The molecule has 0 spiro atoms.